The van der Waals surface area contributed by atoms with E-state index in [-0.39, 0.29) is 6.10 Å². The highest BCUT2D eigenvalue weighted by molar-refractivity contribution is 6.34. The molecule has 0 aromatic carbocycles. The lowest BCUT2D eigenvalue weighted by Gasteiger charge is -2.31. The molecule has 0 saturated carbocycles. The van der Waals surface area contributed by atoms with E-state index in [2.05, 4.69) is 0 Å². The van der Waals surface area contributed by atoms with Gasteiger partial charge in [0.05, 0.1) is 6.10 Å². The number of carbonyl (C=O) groups is 2. The molecule has 15 heavy (non-hydrogen) atoms. The fourth-order valence-corrected chi connectivity index (χ4v) is 1.70. The van der Waals surface area contributed by atoms with Crippen molar-refractivity contribution in [3.63, 3.8) is 0 Å². The van der Waals surface area contributed by atoms with Gasteiger partial charge >= 0.3 is 11.8 Å². The molecule has 1 rings (SSSR count). The fraction of sp³-hybridized carbons (Fsp3) is 0.778. The van der Waals surface area contributed by atoms with Gasteiger partial charge in [-0.05, 0) is 19.8 Å². The van der Waals surface area contributed by atoms with Gasteiger partial charge in [0.2, 0.25) is 0 Å². The van der Waals surface area contributed by atoms with Crippen LogP contribution in [0.2, 0.25) is 0 Å². The minimum atomic E-state index is -0.771. The molecule has 0 spiro atoms. The van der Waals surface area contributed by atoms with Crippen molar-refractivity contribution < 1.29 is 14.3 Å². The highest BCUT2D eigenvalue weighted by atomic mass is 16.5. The number of nitrogens with one attached hydrogen (secondary N) is 1. The zero-order valence-corrected chi connectivity index (χ0v) is 8.86. The summed E-state index contributed by atoms with van der Waals surface area (Å²) in [7, 11) is 0. The monoisotopic (exact) mass is 215 g/mol. The van der Waals surface area contributed by atoms with E-state index in [0.29, 0.717) is 19.7 Å². The molecule has 0 aromatic rings. The average molecular weight is 215 g/mol. The first-order valence-electron chi connectivity index (χ1n) is 5.10. The Morgan fingerprint density at radius 3 is 2.93 bits per heavy atom. The van der Waals surface area contributed by atoms with Crippen molar-refractivity contribution in [3.8, 4) is 0 Å². The topological polar surface area (TPSA) is 84.7 Å². The van der Waals surface area contributed by atoms with Gasteiger partial charge in [-0.25, -0.2) is 5.84 Å². The second kappa shape index (κ2) is 5.67. The van der Waals surface area contributed by atoms with E-state index in [1.807, 2.05) is 12.3 Å². The molecule has 0 radical (unpaired) electrons. The number of rotatable bonds is 2. The SMILES string of the molecule is CCOC1CCCN(C(=O)C(=O)NN)C1. The number of hydrogen-bond donors (Lipinski definition) is 2. The minimum Gasteiger partial charge on any atom is -0.377 e. The highest BCUT2D eigenvalue weighted by Gasteiger charge is 2.27. The molecule has 3 N–H and O–H groups in total. The van der Waals surface area contributed by atoms with Crippen LogP contribution in [-0.4, -0.2) is 42.5 Å². The summed E-state index contributed by atoms with van der Waals surface area (Å²) in [5.41, 5.74) is 1.84. The summed E-state index contributed by atoms with van der Waals surface area (Å²) in [6, 6.07) is 0. The second-order valence-electron chi connectivity index (χ2n) is 3.44. The van der Waals surface area contributed by atoms with E-state index in [9.17, 15) is 9.59 Å². The van der Waals surface area contributed by atoms with Crippen LogP contribution in [-0.2, 0) is 14.3 Å². The molecule has 1 atom stereocenters. The first-order chi connectivity index (χ1) is 7.19. The van der Waals surface area contributed by atoms with Gasteiger partial charge in [-0.15, -0.1) is 0 Å². The zero-order chi connectivity index (χ0) is 11.3. The Kier molecular flexibility index (Phi) is 4.51. The maximum atomic E-state index is 11.5. The predicted molar refractivity (Wildman–Crippen MR) is 53.6 cm³/mol. The summed E-state index contributed by atoms with van der Waals surface area (Å²) in [5, 5.41) is 0. The molecule has 1 aliphatic rings. The number of nitrogens with two attached hydrogens (primary N) is 1. The number of amides is 2. The number of hydrazine groups is 1. The smallest absolute Gasteiger partial charge is 0.323 e. The summed E-state index contributed by atoms with van der Waals surface area (Å²) in [6.45, 7) is 3.60. The summed E-state index contributed by atoms with van der Waals surface area (Å²) in [4.78, 5) is 23.9. The van der Waals surface area contributed by atoms with Gasteiger partial charge in [0, 0.05) is 19.7 Å². The number of likely N-dealkylation sites (tertiary alicyclic amines) is 1. The summed E-state index contributed by atoms with van der Waals surface area (Å²) < 4.78 is 5.42. The standard InChI is InChI=1S/C9H17N3O3/c1-2-15-7-4-3-5-12(6-7)9(14)8(13)11-10/h7H,2-6,10H2,1H3,(H,11,13). The normalized spacial score (nSPS) is 21.2. The Hall–Kier alpha value is -1.14. The average Bonchev–Trinajstić information content (AvgIpc) is 2.28. The van der Waals surface area contributed by atoms with Crippen molar-refractivity contribution in [2.45, 2.75) is 25.9 Å². The van der Waals surface area contributed by atoms with E-state index < -0.39 is 11.8 Å². The van der Waals surface area contributed by atoms with Crippen LogP contribution in [0.5, 0.6) is 0 Å². The van der Waals surface area contributed by atoms with Gasteiger partial charge in [0.1, 0.15) is 0 Å². The van der Waals surface area contributed by atoms with Gasteiger partial charge in [-0.2, -0.15) is 0 Å². The number of ether oxygens (including phenoxy) is 1. The third kappa shape index (κ3) is 3.17. The maximum absolute atomic E-state index is 11.5. The molecule has 2 amide bonds. The lowest BCUT2D eigenvalue weighted by atomic mass is 10.1. The molecule has 0 bridgehead atoms. The maximum Gasteiger partial charge on any atom is 0.323 e. The Bertz CT molecular complexity index is 243. The van der Waals surface area contributed by atoms with Crippen LogP contribution in [0.15, 0.2) is 0 Å². The predicted octanol–water partition coefficient (Wildman–Crippen LogP) is -0.996. The molecule has 6 heteroatoms. The van der Waals surface area contributed by atoms with Crippen LogP contribution < -0.4 is 11.3 Å². The first kappa shape index (κ1) is 11.9. The number of nitrogens with zero attached hydrogens (tertiary/aromatic N) is 1. The Labute approximate surface area is 88.7 Å². The van der Waals surface area contributed by atoms with E-state index >= 15 is 0 Å². The summed E-state index contributed by atoms with van der Waals surface area (Å²) in [6.07, 6.45) is 1.83. The molecule has 1 unspecified atom stereocenters. The molecule has 86 valence electrons. The summed E-state index contributed by atoms with van der Waals surface area (Å²) in [5.74, 6) is 3.54. The van der Waals surface area contributed by atoms with Crippen LogP contribution in [0, 0.1) is 0 Å². The quantitative estimate of drug-likeness (QED) is 0.268. The minimum absolute atomic E-state index is 0.0401. The second-order valence-corrected chi connectivity index (χ2v) is 3.44. The van der Waals surface area contributed by atoms with Gasteiger partial charge in [0.25, 0.3) is 0 Å². The number of hydrogen-bond acceptors (Lipinski definition) is 4. The van der Waals surface area contributed by atoms with E-state index in [0.717, 1.165) is 12.8 Å². The van der Waals surface area contributed by atoms with Crippen molar-refractivity contribution in [2.75, 3.05) is 19.7 Å². The molecule has 1 saturated heterocycles. The van der Waals surface area contributed by atoms with Crippen LogP contribution in [0.1, 0.15) is 19.8 Å². The fourth-order valence-electron chi connectivity index (χ4n) is 1.70. The lowest BCUT2D eigenvalue weighted by Crippen LogP contribution is -2.50. The molecular formula is C9H17N3O3. The van der Waals surface area contributed by atoms with Gasteiger partial charge in [-0.1, -0.05) is 0 Å². The van der Waals surface area contributed by atoms with Crippen molar-refractivity contribution in [1.29, 1.82) is 0 Å². The third-order valence-corrected chi connectivity index (χ3v) is 2.39. The van der Waals surface area contributed by atoms with E-state index in [4.69, 9.17) is 10.6 Å². The van der Waals surface area contributed by atoms with Crippen LogP contribution in [0.3, 0.4) is 0 Å². The van der Waals surface area contributed by atoms with Crippen molar-refractivity contribution in [3.05, 3.63) is 0 Å². The lowest BCUT2D eigenvalue weighted by molar-refractivity contribution is -0.148. The van der Waals surface area contributed by atoms with Gasteiger partial charge in [-0.3, -0.25) is 15.0 Å². The number of piperidine rings is 1. The Balaban J connectivity index is 2.48. The largest absolute Gasteiger partial charge is 0.377 e. The van der Waals surface area contributed by atoms with Gasteiger partial charge < -0.3 is 9.64 Å². The van der Waals surface area contributed by atoms with E-state index in [1.54, 1.807) is 0 Å². The summed E-state index contributed by atoms with van der Waals surface area (Å²) >= 11 is 0. The molecule has 0 aromatic heterocycles. The number of carbonyl (C=O) groups excluding carboxylic acids is 2. The van der Waals surface area contributed by atoms with Crippen molar-refractivity contribution >= 4 is 11.8 Å². The molecule has 1 heterocycles. The molecule has 0 aliphatic carbocycles. The van der Waals surface area contributed by atoms with Crippen LogP contribution >= 0.6 is 0 Å². The van der Waals surface area contributed by atoms with Gasteiger partial charge in [0.15, 0.2) is 0 Å². The molecule has 1 fully saturated rings. The first-order valence-corrected chi connectivity index (χ1v) is 5.10. The molecule has 6 nitrogen and oxygen atoms in total. The Morgan fingerprint density at radius 1 is 1.60 bits per heavy atom. The molecular weight excluding hydrogens is 198 g/mol. The highest BCUT2D eigenvalue weighted by Crippen LogP contribution is 2.13. The zero-order valence-electron chi connectivity index (χ0n) is 8.86. The van der Waals surface area contributed by atoms with Crippen molar-refractivity contribution in [2.24, 2.45) is 5.84 Å². The third-order valence-electron chi connectivity index (χ3n) is 2.39. The van der Waals surface area contributed by atoms with E-state index in [1.165, 1.54) is 4.90 Å². The van der Waals surface area contributed by atoms with Crippen molar-refractivity contribution in [1.82, 2.24) is 10.3 Å². The van der Waals surface area contributed by atoms with Crippen LogP contribution in [0.4, 0.5) is 0 Å². The molecule has 1 aliphatic heterocycles. The Morgan fingerprint density at radius 2 is 2.33 bits per heavy atom. The van der Waals surface area contributed by atoms with Crippen LogP contribution in [0.25, 0.3) is 0 Å².